The second-order valence-corrected chi connectivity index (χ2v) is 22.2. The molecule has 0 aromatic heterocycles. The van der Waals surface area contributed by atoms with E-state index in [2.05, 4.69) is 95.1 Å². The molecule has 0 aliphatic carbocycles. The number of aliphatic carboxylic acids is 1. The third-order valence-corrected chi connectivity index (χ3v) is 16.0. The zero-order valence-corrected chi connectivity index (χ0v) is 51.0. The van der Waals surface area contributed by atoms with Crippen molar-refractivity contribution in [2.24, 2.45) is 10.8 Å². The van der Waals surface area contributed by atoms with Crippen molar-refractivity contribution in [2.45, 2.75) is 318 Å². The number of carboxylic acids is 1. The first kappa shape index (κ1) is 73.1. The lowest BCUT2D eigenvalue weighted by molar-refractivity contribution is -0.282. The maximum Gasteiger partial charge on any atom is 0.508 e. The molecule has 1 N–H and O–H groups in total. The van der Waals surface area contributed by atoms with Crippen molar-refractivity contribution in [1.82, 2.24) is 4.90 Å². The zero-order valence-electron chi connectivity index (χ0n) is 51.0. The Kier molecular flexibility index (Phi) is 52.0. The van der Waals surface area contributed by atoms with E-state index in [-0.39, 0.29) is 18.7 Å². The van der Waals surface area contributed by atoms with E-state index in [0.717, 1.165) is 122 Å². The van der Waals surface area contributed by atoms with Crippen LogP contribution in [0.2, 0.25) is 0 Å². The van der Waals surface area contributed by atoms with Crippen LogP contribution in [0, 0.1) is 10.8 Å². The van der Waals surface area contributed by atoms with Gasteiger partial charge in [-0.25, -0.2) is 9.59 Å². The quantitative estimate of drug-likeness (QED) is 0.0209. The van der Waals surface area contributed by atoms with Crippen LogP contribution in [0.25, 0.3) is 0 Å². The van der Waals surface area contributed by atoms with Crippen molar-refractivity contribution in [2.75, 3.05) is 32.8 Å². The average Bonchev–Trinajstić information content (AvgIpc) is 3.42. The number of unbranched alkanes of at least 4 members (excludes halogenated alkanes) is 23. The normalized spacial score (nSPS) is 14.1. The van der Waals surface area contributed by atoms with Crippen molar-refractivity contribution < 1.29 is 38.7 Å². The van der Waals surface area contributed by atoms with Gasteiger partial charge in [0.1, 0.15) is 6.10 Å². The lowest BCUT2D eigenvalue weighted by atomic mass is 9.71. The molecule has 0 bridgehead atoms. The maximum atomic E-state index is 14.2. The van der Waals surface area contributed by atoms with Gasteiger partial charge in [0, 0.05) is 6.54 Å². The van der Waals surface area contributed by atoms with Crippen LogP contribution in [0.3, 0.4) is 0 Å². The molecule has 0 amide bonds. The van der Waals surface area contributed by atoms with Crippen LogP contribution in [0.15, 0.2) is 48.6 Å². The van der Waals surface area contributed by atoms with Gasteiger partial charge in [0.05, 0.1) is 24.0 Å². The van der Waals surface area contributed by atoms with E-state index >= 15 is 0 Å². The van der Waals surface area contributed by atoms with Crippen molar-refractivity contribution in [3.63, 3.8) is 0 Å². The molecule has 0 rings (SSSR count). The van der Waals surface area contributed by atoms with E-state index in [0.29, 0.717) is 64.4 Å². The van der Waals surface area contributed by atoms with Crippen LogP contribution in [-0.2, 0) is 28.8 Å². The minimum absolute atomic E-state index is 0.204. The fourth-order valence-corrected chi connectivity index (χ4v) is 10.5. The number of carbonyl (C=O) groups is 3. The molecule has 9 heteroatoms. The van der Waals surface area contributed by atoms with Crippen molar-refractivity contribution in [1.29, 1.82) is 0 Å². The summed E-state index contributed by atoms with van der Waals surface area (Å²) >= 11 is 0. The minimum Gasteiger partial charge on any atom is -0.481 e. The number of ether oxygens (including phenoxy) is 2. The van der Waals surface area contributed by atoms with E-state index in [1.807, 2.05) is 6.92 Å². The number of allylic oxidation sites excluding steroid dienone is 8. The average molecular weight is 1070 g/mol. The zero-order chi connectivity index (χ0) is 55.9. The number of hydrogen-bond acceptors (Lipinski definition) is 8. The molecule has 76 heavy (non-hydrogen) atoms. The Labute approximate surface area is 469 Å². The first-order chi connectivity index (χ1) is 37.1. The number of carbonyl (C=O) groups excluding carboxylic acids is 2. The van der Waals surface area contributed by atoms with E-state index in [1.165, 1.54) is 103 Å². The largest absolute Gasteiger partial charge is 0.508 e. The molecular formula is C67H123NO8. The van der Waals surface area contributed by atoms with Crippen LogP contribution < -0.4 is 0 Å². The summed E-state index contributed by atoms with van der Waals surface area (Å²) in [6.45, 7) is 18.4. The fraction of sp³-hybridized carbons (Fsp3) is 0.836. The monoisotopic (exact) mass is 1070 g/mol. The van der Waals surface area contributed by atoms with Crippen molar-refractivity contribution in [3.05, 3.63) is 48.6 Å². The molecule has 3 unspecified atom stereocenters. The smallest absolute Gasteiger partial charge is 0.481 e. The predicted molar refractivity (Wildman–Crippen MR) is 323 cm³/mol. The number of hydrogen-bond donors (Lipinski definition) is 1. The Morgan fingerprint density at radius 3 is 1.34 bits per heavy atom. The number of nitrogens with zero attached hydrogens (tertiary/aromatic N) is 1. The molecule has 0 radical (unpaired) electrons. The third kappa shape index (κ3) is 41.2. The summed E-state index contributed by atoms with van der Waals surface area (Å²) < 4.78 is 11.4. The summed E-state index contributed by atoms with van der Waals surface area (Å²) in [4.78, 5) is 53.8. The molecular weight excluding hydrogens is 947 g/mol. The van der Waals surface area contributed by atoms with Gasteiger partial charge in [-0.1, -0.05) is 225 Å². The Morgan fingerprint density at radius 1 is 0.447 bits per heavy atom. The Balaban J connectivity index is 5.57. The second-order valence-electron chi connectivity index (χ2n) is 22.2. The lowest BCUT2D eigenvalue weighted by Gasteiger charge is -2.33. The summed E-state index contributed by atoms with van der Waals surface area (Å²) in [5.41, 5.74) is -1.55. The third-order valence-electron chi connectivity index (χ3n) is 16.0. The molecule has 9 nitrogen and oxygen atoms in total. The summed E-state index contributed by atoms with van der Waals surface area (Å²) in [5, 5.41) is 10.7. The molecule has 444 valence electrons. The highest BCUT2D eigenvalue weighted by molar-refractivity contribution is 5.76. The molecule has 0 aromatic carbocycles. The van der Waals surface area contributed by atoms with E-state index < -0.39 is 23.0 Å². The summed E-state index contributed by atoms with van der Waals surface area (Å²) in [6.07, 6.45) is 59.2. The van der Waals surface area contributed by atoms with Gasteiger partial charge in [-0.05, 0) is 148 Å². The lowest BCUT2D eigenvalue weighted by Crippen LogP contribution is -2.35. The Morgan fingerprint density at radius 2 is 0.855 bits per heavy atom. The van der Waals surface area contributed by atoms with Gasteiger partial charge in [-0.3, -0.25) is 9.68 Å². The van der Waals surface area contributed by atoms with Gasteiger partial charge in [0.15, 0.2) is 0 Å². The Bertz CT molecular complexity index is 1440. The molecule has 0 aliphatic heterocycles. The number of rotatable bonds is 57. The predicted octanol–water partition coefficient (Wildman–Crippen LogP) is 20.7. The molecule has 0 heterocycles. The van der Waals surface area contributed by atoms with Gasteiger partial charge in [0.2, 0.25) is 0 Å². The van der Waals surface area contributed by atoms with Gasteiger partial charge >= 0.3 is 18.1 Å². The first-order valence-corrected chi connectivity index (χ1v) is 32.4. The van der Waals surface area contributed by atoms with Crippen LogP contribution in [0.5, 0.6) is 0 Å². The SMILES string of the molecule is CCCCCC=CCC=CCCCCCCC(CC)(CCCC(CC)(CCCCCCC=CCC=CCCCCC)C(=O)OOCCCC(CCCCCCCCCCCC)OC(=O)OCCCN(CC)CC)C(=O)O. The van der Waals surface area contributed by atoms with Crippen LogP contribution >= 0.6 is 0 Å². The van der Waals surface area contributed by atoms with Crippen LogP contribution in [0.1, 0.15) is 312 Å². The molecule has 0 fully saturated rings. The number of carboxylic acid groups (broad SMARTS) is 1. The van der Waals surface area contributed by atoms with Crippen LogP contribution in [0.4, 0.5) is 4.79 Å². The highest BCUT2D eigenvalue weighted by atomic mass is 17.2. The van der Waals surface area contributed by atoms with Gasteiger partial charge < -0.3 is 19.5 Å². The molecule has 0 aliphatic rings. The van der Waals surface area contributed by atoms with Gasteiger partial charge in [-0.2, -0.15) is 4.89 Å². The second kappa shape index (κ2) is 54.1. The molecule has 0 aromatic rings. The topological polar surface area (TPSA) is 112 Å². The molecule has 0 saturated carbocycles. The first-order valence-electron chi connectivity index (χ1n) is 32.4. The van der Waals surface area contributed by atoms with E-state index in [1.54, 1.807) is 0 Å². The minimum atomic E-state index is -0.800. The highest BCUT2D eigenvalue weighted by Crippen LogP contribution is 2.41. The van der Waals surface area contributed by atoms with Gasteiger partial charge in [-0.15, -0.1) is 0 Å². The summed E-state index contributed by atoms with van der Waals surface area (Å²) in [7, 11) is 0. The van der Waals surface area contributed by atoms with Crippen molar-refractivity contribution in [3.8, 4) is 0 Å². The summed E-state index contributed by atoms with van der Waals surface area (Å²) in [6, 6.07) is 0. The molecule has 3 atom stereocenters. The van der Waals surface area contributed by atoms with Gasteiger partial charge in [0.25, 0.3) is 0 Å². The molecule has 0 saturated heterocycles. The molecule has 0 spiro atoms. The Hall–Kier alpha value is -2.91. The highest BCUT2D eigenvalue weighted by Gasteiger charge is 2.41. The fourth-order valence-electron chi connectivity index (χ4n) is 10.5. The van der Waals surface area contributed by atoms with Crippen LogP contribution in [-0.4, -0.2) is 67.1 Å². The van der Waals surface area contributed by atoms with E-state index in [4.69, 9.17) is 19.2 Å². The van der Waals surface area contributed by atoms with Crippen molar-refractivity contribution >= 4 is 18.1 Å². The van der Waals surface area contributed by atoms with E-state index in [9.17, 15) is 19.5 Å². The maximum absolute atomic E-state index is 14.2. The summed E-state index contributed by atoms with van der Waals surface area (Å²) in [5.74, 6) is -1.06. The standard InChI is InChI=1S/C67H123NO8/c1-8-15-18-21-24-27-30-32-34-36-39-42-45-48-55-66(11-4,63(69)70)57-51-58-67(12-5,56-49-46-43-40-37-35-33-31-28-25-22-19-16-9-2)64(71)76-74-61-50-54-62(53-47-44-41-38-29-26-23-20-17-10-3)75-65(72)73-60-52-59-68(13-6)14-7/h24-25,27-28,32-35,62H,8-23,26,29-31,36-61H2,1-7H3,(H,69,70).